The molecule has 0 saturated carbocycles. The molecular weight excluding hydrogens is 260 g/mol. The molecule has 0 aromatic heterocycles. The van der Waals surface area contributed by atoms with Crippen molar-refractivity contribution in [2.45, 2.75) is 32.7 Å². The van der Waals surface area contributed by atoms with Crippen LogP contribution >= 0.6 is 11.8 Å². The fourth-order valence-corrected chi connectivity index (χ4v) is 2.39. The fourth-order valence-electron chi connectivity index (χ4n) is 1.90. The summed E-state index contributed by atoms with van der Waals surface area (Å²) >= 11 is 1.86. The Morgan fingerprint density at radius 3 is 2.79 bits per heavy atom. The van der Waals surface area contributed by atoms with Gasteiger partial charge in [-0.05, 0) is 50.8 Å². The molecule has 0 aliphatic carbocycles. The minimum Gasteiger partial charge on any atom is -0.310 e. The van der Waals surface area contributed by atoms with Crippen molar-refractivity contribution in [3.8, 4) is 0 Å². The zero-order valence-electron chi connectivity index (χ0n) is 11.8. The first-order valence-corrected chi connectivity index (χ1v) is 7.93. The lowest BCUT2D eigenvalue weighted by atomic mass is 10.0. The second-order valence-electron chi connectivity index (χ2n) is 4.68. The number of thioether (sulfide) groups is 1. The number of hydrogen-bond acceptors (Lipinski definition) is 4. The van der Waals surface area contributed by atoms with Gasteiger partial charge in [-0.25, -0.2) is 0 Å². The molecule has 0 heterocycles. The summed E-state index contributed by atoms with van der Waals surface area (Å²) in [5.74, 6) is 1.19. The van der Waals surface area contributed by atoms with Gasteiger partial charge in [0.15, 0.2) is 0 Å². The molecule has 106 valence electrons. The fraction of sp³-hybridized carbons (Fsp3) is 0.571. The zero-order valence-corrected chi connectivity index (χ0v) is 12.6. The average molecular weight is 282 g/mol. The van der Waals surface area contributed by atoms with E-state index in [1.165, 1.54) is 12.2 Å². The van der Waals surface area contributed by atoms with Gasteiger partial charge in [-0.3, -0.25) is 10.1 Å². The van der Waals surface area contributed by atoms with E-state index in [-0.39, 0.29) is 16.7 Å². The first-order valence-electron chi connectivity index (χ1n) is 6.53. The van der Waals surface area contributed by atoms with Gasteiger partial charge in [0.25, 0.3) is 5.69 Å². The molecule has 1 N–H and O–H groups in total. The Labute approximate surface area is 119 Å². The molecule has 1 atom stereocenters. The van der Waals surface area contributed by atoms with E-state index >= 15 is 0 Å². The first kappa shape index (κ1) is 16.0. The van der Waals surface area contributed by atoms with Crippen molar-refractivity contribution in [1.29, 1.82) is 0 Å². The number of nitro groups is 1. The summed E-state index contributed by atoms with van der Waals surface area (Å²) in [6, 6.07) is 5.60. The lowest BCUT2D eigenvalue weighted by Crippen LogP contribution is -2.20. The summed E-state index contributed by atoms with van der Waals surface area (Å²) in [6.07, 6.45) is 4.45. The van der Waals surface area contributed by atoms with E-state index in [1.807, 2.05) is 30.8 Å². The molecule has 0 aliphatic heterocycles. The highest BCUT2D eigenvalue weighted by molar-refractivity contribution is 7.98. The number of hydrogen-bond donors (Lipinski definition) is 1. The third-order valence-electron chi connectivity index (χ3n) is 3.16. The van der Waals surface area contributed by atoms with Crippen molar-refractivity contribution in [2.24, 2.45) is 0 Å². The average Bonchev–Trinajstić information content (AvgIpc) is 2.38. The topological polar surface area (TPSA) is 55.2 Å². The molecule has 0 radical (unpaired) electrons. The Kier molecular flexibility index (Phi) is 6.87. The summed E-state index contributed by atoms with van der Waals surface area (Å²) in [5.41, 5.74) is 1.89. The molecule has 0 aliphatic rings. The molecule has 0 fully saturated rings. The minimum absolute atomic E-state index is 0.147. The van der Waals surface area contributed by atoms with Crippen LogP contribution in [0.3, 0.4) is 0 Å². The third-order valence-corrected chi connectivity index (χ3v) is 3.85. The normalized spacial score (nSPS) is 12.4. The Morgan fingerprint density at radius 2 is 2.16 bits per heavy atom. The molecular formula is C14H22N2O2S. The molecule has 1 rings (SSSR count). The van der Waals surface area contributed by atoms with Crippen molar-refractivity contribution in [2.75, 3.05) is 18.6 Å². The van der Waals surface area contributed by atoms with Crippen molar-refractivity contribution in [1.82, 2.24) is 5.32 Å². The minimum atomic E-state index is -0.315. The predicted octanol–water partition coefficient (Wildman–Crippen LogP) is 3.70. The first-order chi connectivity index (χ1) is 9.06. The van der Waals surface area contributed by atoms with Crippen molar-refractivity contribution >= 4 is 17.4 Å². The van der Waals surface area contributed by atoms with Gasteiger partial charge in [0, 0.05) is 17.7 Å². The summed E-state index contributed by atoms with van der Waals surface area (Å²) in [5, 5.41) is 14.3. The second-order valence-corrected chi connectivity index (χ2v) is 5.66. The van der Waals surface area contributed by atoms with Crippen LogP contribution in [0.25, 0.3) is 0 Å². The highest BCUT2D eigenvalue weighted by atomic mass is 32.2. The van der Waals surface area contributed by atoms with Crippen LogP contribution in [-0.2, 0) is 0 Å². The van der Waals surface area contributed by atoms with E-state index in [9.17, 15) is 10.1 Å². The molecule has 0 amide bonds. The van der Waals surface area contributed by atoms with Crippen molar-refractivity contribution in [3.05, 3.63) is 39.4 Å². The highest BCUT2D eigenvalue weighted by Gasteiger charge is 2.13. The molecule has 5 heteroatoms. The highest BCUT2D eigenvalue weighted by Crippen LogP contribution is 2.23. The molecule has 1 unspecified atom stereocenters. The third kappa shape index (κ3) is 5.20. The number of rotatable bonds is 8. The van der Waals surface area contributed by atoms with Gasteiger partial charge < -0.3 is 5.32 Å². The maximum atomic E-state index is 10.9. The van der Waals surface area contributed by atoms with Crippen LogP contribution < -0.4 is 5.32 Å². The molecule has 0 saturated heterocycles. The van der Waals surface area contributed by atoms with Crippen LogP contribution in [0.4, 0.5) is 5.69 Å². The number of nitro benzene ring substituents is 1. The molecule has 4 nitrogen and oxygen atoms in total. The van der Waals surface area contributed by atoms with Crippen LogP contribution in [0.1, 0.15) is 36.9 Å². The van der Waals surface area contributed by atoms with Gasteiger partial charge in [0.1, 0.15) is 0 Å². The van der Waals surface area contributed by atoms with Crippen LogP contribution in [-0.4, -0.2) is 23.5 Å². The van der Waals surface area contributed by atoms with E-state index in [0.717, 1.165) is 18.5 Å². The van der Waals surface area contributed by atoms with Gasteiger partial charge in [-0.1, -0.05) is 12.1 Å². The number of nitrogens with one attached hydrogen (secondary N) is 1. The van der Waals surface area contributed by atoms with E-state index in [1.54, 1.807) is 13.0 Å². The maximum Gasteiger partial charge on any atom is 0.272 e. The van der Waals surface area contributed by atoms with Gasteiger partial charge in [-0.15, -0.1) is 0 Å². The van der Waals surface area contributed by atoms with Crippen LogP contribution in [0, 0.1) is 17.0 Å². The lowest BCUT2D eigenvalue weighted by molar-refractivity contribution is -0.385. The number of unbranched alkanes of at least 4 members (excludes halogenated alkanes) is 1. The van der Waals surface area contributed by atoms with Crippen molar-refractivity contribution < 1.29 is 4.92 Å². The summed E-state index contributed by atoms with van der Waals surface area (Å²) in [6.45, 7) is 4.76. The smallest absolute Gasteiger partial charge is 0.272 e. The molecule has 0 bridgehead atoms. The Hall–Kier alpha value is -1.07. The molecule has 1 aromatic rings. The Morgan fingerprint density at radius 1 is 1.42 bits per heavy atom. The van der Waals surface area contributed by atoms with Crippen LogP contribution in [0.15, 0.2) is 18.2 Å². The van der Waals surface area contributed by atoms with Crippen LogP contribution in [0.2, 0.25) is 0 Å². The maximum absolute atomic E-state index is 10.9. The monoisotopic (exact) mass is 282 g/mol. The summed E-state index contributed by atoms with van der Waals surface area (Å²) in [4.78, 5) is 10.6. The standard InChI is InChI=1S/C14H22N2O2S/c1-11-6-7-13(10-14(11)16(17)18)12(2)15-8-4-5-9-19-3/h6-7,10,12,15H,4-5,8-9H2,1-3H3. The van der Waals surface area contributed by atoms with E-state index in [4.69, 9.17) is 0 Å². The lowest BCUT2D eigenvalue weighted by Gasteiger charge is -2.14. The predicted molar refractivity (Wildman–Crippen MR) is 81.9 cm³/mol. The summed E-state index contributed by atoms with van der Waals surface area (Å²) in [7, 11) is 0. The van der Waals surface area contributed by atoms with E-state index in [2.05, 4.69) is 11.6 Å². The van der Waals surface area contributed by atoms with Gasteiger partial charge in [0.2, 0.25) is 0 Å². The van der Waals surface area contributed by atoms with Crippen LogP contribution in [0.5, 0.6) is 0 Å². The Bertz CT molecular complexity index is 424. The zero-order chi connectivity index (χ0) is 14.3. The van der Waals surface area contributed by atoms with E-state index < -0.39 is 0 Å². The SMILES string of the molecule is CSCCCCNC(C)c1ccc(C)c([N+](=O)[O-])c1. The van der Waals surface area contributed by atoms with Gasteiger partial charge >= 0.3 is 0 Å². The molecule has 0 spiro atoms. The van der Waals surface area contributed by atoms with E-state index in [0.29, 0.717) is 5.56 Å². The van der Waals surface area contributed by atoms with Gasteiger partial charge in [-0.2, -0.15) is 11.8 Å². The molecule has 19 heavy (non-hydrogen) atoms. The van der Waals surface area contributed by atoms with Gasteiger partial charge in [0.05, 0.1) is 4.92 Å². The molecule has 1 aromatic carbocycles. The number of benzene rings is 1. The second kappa shape index (κ2) is 8.17. The summed E-state index contributed by atoms with van der Waals surface area (Å²) < 4.78 is 0. The Balaban J connectivity index is 2.55. The van der Waals surface area contributed by atoms with Crippen molar-refractivity contribution in [3.63, 3.8) is 0 Å². The largest absolute Gasteiger partial charge is 0.310 e. The number of nitrogens with zero attached hydrogens (tertiary/aromatic N) is 1. The quantitative estimate of drug-likeness (QED) is 0.449. The number of aryl methyl sites for hydroxylation is 1.